The molecule has 129 heteroatoms. The van der Waals surface area contributed by atoms with Gasteiger partial charge in [0.05, 0.1) is 0 Å². The summed E-state index contributed by atoms with van der Waals surface area (Å²) in [6, 6.07) is 0. The fourth-order valence-corrected chi connectivity index (χ4v) is 0. The summed E-state index contributed by atoms with van der Waals surface area (Å²) in [7, 11) is -5.83. The summed E-state index contributed by atoms with van der Waals surface area (Å²) in [5, 5.41) is 50.5. The van der Waals surface area contributed by atoms with Crippen LogP contribution >= 0.6 is 0 Å². The number of hydrogen-bond donors (Lipinski definition) is 0. The molecule has 0 aromatic rings. The molecule has 129 heavy (non-hydrogen) atoms. The Labute approximate surface area is 920 Å². The molecule has 0 amide bonds. The molecule has 0 bridgehead atoms. The molecule has 0 aromatic carbocycles. The van der Waals surface area contributed by atoms with Crippen molar-refractivity contribution < 1.29 is 925 Å². The van der Waals surface area contributed by atoms with E-state index in [0.29, 0.717) is 0 Å². The van der Waals surface area contributed by atoms with Crippen molar-refractivity contribution in [3.05, 3.63) is 0 Å². The van der Waals surface area contributed by atoms with Crippen LogP contribution in [0.2, 0.25) is 0 Å². The zero-order valence-electron chi connectivity index (χ0n) is 56.1. The summed E-state index contributed by atoms with van der Waals surface area (Å²) in [6.45, 7) is 0. The van der Waals surface area contributed by atoms with Crippen molar-refractivity contribution in [3.63, 3.8) is 0 Å². The average molecular weight is 6600 g/mol. The van der Waals surface area contributed by atoms with E-state index in [1.165, 1.54) is 0 Å². The van der Waals surface area contributed by atoms with E-state index >= 15 is 0 Å². The topological polar surface area (TPSA) is 1970 Å². The molecule has 0 saturated heterocycles. The van der Waals surface area contributed by atoms with Crippen molar-refractivity contribution in [2.24, 2.45) is 0 Å². The summed E-state index contributed by atoms with van der Waals surface area (Å²) < 4.78 is 637. The molecular formula is H36B2Cd5O98W24. The van der Waals surface area contributed by atoms with E-state index < -0.39 is 427 Å². The van der Waals surface area contributed by atoms with Crippen LogP contribution in [0.3, 0.4) is 0 Å². The van der Waals surface area contributed by atoms with Crippen LogP contribution in [-0.2, 0) is 796 Å². The number of hydrogen-bond acceptors (Lipinski definition) is 80. The fourth-order valence-electron chi connectivity index (χ4n) is 0. The Kier molecular flexibility index (Phi) is 854. The first-order valence-electron chi connectivity index (χ1n) is 14.0. The zero-order valence-corrected chi connectivity index (χ0v) is 147. The maximum absolute atomic E-state index is 8.61. The Morgan fingerprint density at radius 3 is 0.0930 bits per heavy atom. The molecular weight excluding hydrogens is 6560 g/mol. The van der Waals surface area contributed by atoms with Gasteiger partial charge in [-0.2, -0.15) is 0 Å². The molecule has 0 atom stereocenters. The minimum atomic E-state index is -4.28. The molecule has 0 unspecified atom stereocenters. The van der Waals surface area contributed by atoms with Crippen molar-refractivity contribution in [2.45, 2.75) is 0 Å². The molecule has 784 valence electrons. The monoisotopic (exact) mass is 6610 g/mol. The summed E-state index contributed by atoms with van der Waals surface area (Å²) in [5.74, 6) is 0. The molecule has 0 aliphatic carbocycles. The van der Waals surface area contributed by atoms with E-state index in [9.17, 15) is 0 Å². The Morgan fingerprint density at radius 2 is 0.0930 bits per heavy atom. The predicted molar refractivity (Wildman–Crippen MR) is 127 cm³/mol. The van der Waals surface area contributed by atoms with E-state index in [2.05, 4.69) is 0 Å². The average Bonchev–Trinajstić information content (AvgIpc) is 3.25. The van der Waals surface area contributed by atoms with E-state index in [0.717, 1.165) is 0 Å². The van der Waals surface area contributed by atoms with Gasteiger partial charge in [-0.1, -0.05) is 0 Å². The van der Waals surface area contributed by atoms with Gasteiger partial charge in [0.1, 0.15) is 0 Å². The molecule has 0 heterocycles. The van der Waals surface area contributed by atoms with Crippen LogP contribution in [0.1, 0.15) is 0 Å². The molecule has 36 N–H and O–H groups in total. The molecule has 0 aliphatic rings. The van der Waals surface area contributed by atoms with Crippen molar-refractivity contribution in [2.75, 3.05) is 0 Å². The Balaban J connectivity index is -0.0000000109. The van der Waals surface area contributed by atoms with E-state index in [1.807, 2.05) is 0 Å². The van der Waals surface area contributed by atoms with E-state index in [1.54, 1.807) is 0 Å². The van der Waals surface area contributed by atoms with Crippen molar-refractivity contribution in [3.8, 4) is 0 Å². The third kappa shape index (κ3) is 76300. The zero-order chi connectivity index (χ0) is 97.0. The molecule has 98 nitrogen and oxygen atoms in total. The second kappa shape index (κ2) is 336. The van der Waals surface area contributed by atoms with Crippen LogP contribution in [-0.4, -0.2) is 113 Å². The quantitative estimate of drug-likeness (QED) is 0.203. The second-order valence-corrected chi connectivity index (χ2v) is 40.7. The van der Waals surface area contributed by atoms with E-state index in [4.69, 9.17) is 280 Å². The van der Waals surface area contributed by atoms with Gasteiger partial charge in [0.2, 0.25) is 0 Å². The maximum atomic E-state index is 8.61. The first-order chi connectivity index (χ1) is 47.0. The third-order valence-electron chi connectivity index (χ3n) is 0. The van der Waals surface area contributed by atoms with Crippen molar-refractivity contribution in [1.82, 2.24) is 0 Å². The summed E-state index contributed by atoms with van der Waals surface area (Å²) in [6.07, 6.45) is 0. The SMILES string of the molecule is O.O.O.O.O.O.O.O.O.O.O.O.O.O.O.O.O.O.[Cd+2].[Cd+2].[Cd+2].[O-]B([O-])[O-].[O-]B([O-])[O-].[O]=[Cd].[O]=[Cd].[O]=[W](=[O])=[O].[O]=[W](=[O])=[O].[O]=[W](=[O])=[O].[O]=[W](=[O])=[O].[O]=[W](=[O])=[O].[O]=[W](=[O])=[O].[O]=[W](=[O])=[O].[O]=[W](=[O])=[O].[O]=[W](=[O])=[O].[O]=[W](=[O])=[O].[O]=[W](=[O])=[O].[O]=[W](=[O])=[O].[O]=[W](=[O])=[O].[O]=[W](=[O])=[O].[O]=[W](=[O])=[O].[O]=[W](=[O])=[O].[O]=[W](=[O])=[O].[O]=[W](=[O])=[O].[O]=[W](=[O])=[O].[O]=[W](=[O])=[O].[O]=[W](=[O])=[O].[O]=[W](=[O])=[O].[O]=[W](=[O])=[O].[O]=[W](=[O])=[O]. The van der Waals surface area contributed by atoms with Gasteiger partial charge in [-0.05, 0) is 0 Å². The molecule has 0 saturated carbocycles. The third-order valence-corrected chi connectivity index (χ3v) is 0. The molecule has 0 rings (SSSR count). The normalized spacial score (nSPS) is 4.98. The summed E-state index contributed by atoms with van der Waals surface area (Å²) in [5.41, 5.74) is 0. The van der Waals surface area contributed by atoms with Gasteiger partial charge < -0.3 is 129 Å². The molecule has 0 fully saturated rings. The first-order valence-corrected chi connectivity index (χ1v) is 104. The van der Waals surface area contributed by atoms with E-state index in [-0.39, 0.29) is 232 Å². The second-order valence-electron chi connectivity index (χ2n) is 5.48. The number of rotatable bonds is 0. The van der Waals surface area contributed by atoms with Crippen molar-refractivity contribution in [1.29, 1.82) is 0 Å². The van der Waals surface area contributed by atoms with Crippen LogP contribution < -0.4 is 30.1 Å². The van der Waals surface area contributed by atoms with Gasteiger partial charge >= 0.3 is 796 Å². The van der Waals surface area contributed by atoms with Crippen LogP contribution in [0.25, 0.3) is 0 Å². The van der Waals surface area contributed by atoms with Crippen molar-refractivity contribution >= 4 is 14.6 Å². The molecule has 0 aromatic heterocycles. The Bertz CT molecular complexity index is 3590. The van der Waals surface area contributed by atoms with Crippen LogP contribution in [0.4, 0.5) is 0 Å². The van der Waals surface area contributed by atoms with Crippen LogP contribution in [0.15, 0.2) is 0 Å². The first kappa shape index (κ1) is 328. The van der Waals surface area contributed by atoms with Gasteiger partial charge in [0.15, 0.2) is 0 Å². The predicted octanol–water partition coefficient (Wildman–Crippen LogP) is -31.6. The molecule has 0 spiro atoms. The minimum absolute atomic E-state index is 0. The van der Waals surface area contributed by atoms with Crippen LogP contribution in [0, 0.1) is 0 Å². The van der Waals surface area contributed by atoms with Gasteiger partial charge in [-0.15, -0.1) is 0 Å². The van der Waals surface area contributed by atoms with Gasteiger partial charge in [-0.3, -0.25) is 14.6 Å². The fraction of sp³-hybridized carbons (Fsp3) is 0. The molecule has 0 radical (unpaired) electrons. The summed E-state index contributed by atoms with van der Waals surface area (Å²) in [4.78, 5) is 0. The standard InChI is InChI=1S/2BO3.5Cd.18H2O.74O.24W/c2*2-1(3)4;;;;;;;;;;;;;;;;;;;;;;;;;;;;;;;;;;;;;;;;;;;;;;;;;;;;;;;;;;;;;;;;;;;;;;;;;;;;;;;;;;;;;;;;;;;;;;;;;;;;;;;;;;;;;;;;;;;;;;;;;/h;;;;;;;18*1H2;;;;;;;;;;;;;;;;;;;;;;;;;;;;;;;;;;;;;;;;;;;;;;;;;;;;;;;;;;;;;;;;;;;;;;;;;;;;;;;;;;;;;;;;;;;;;;;;;;/q2*-3;;;3*+2;;;;;;;;;;;;;;;;;;;;;;;;;;;;;;;;;;;;;;;;;;;;;;;;;;;;;;;;;;;;;;;;;;;;;;;;;;;;;;;;;;;;;;;;;;;;;;;;;;;;;;;;;;;;;;;;;;;;. The van der Waals surface area contributed by atoms with Gasteiger partial charge in [0.25, 0.3) is 0 Å². The van der Waals surface area contributed by atoms with Gasteiger partial charge in [-0.25, -0.2) is 0 Å². The van der Waals surface area contributed by atoms with Gasteiger partial charge in [0, 0.05) is 0 Å². The van der Waals surface area contributed by atoms with Crippen LogP contribution in [0.5, 0.6) is 0 Å². The summed E-state index contributed by atoms with van der Waals surface area (Å²) >= 11 is -103. The molecule has 0 aliphatic heterocycles. The Morgan fingerprint density at radius 1 is 0.0930 bits per heavy atom. The Hall–Kier alpha value is 5.50.